The first-order chi connectivity index (χ1) is 10.8. The summed E-state index contributed by atoms with van der Waals surface area (Å²) in [5.41, 5.74) is 9.96. The summed E-state index contributed by atoms with van der Waals surface area (Å²) in [5, 5.41) is 0.642. The quantitative estimate of drug-likeness (QED) is 0.843. The molecule has 2 aromatic carbocycles. The molecule has 0 saturated heterocycles. The Morgan fingerprint density at radius 1 is 1.09 bits per heavy atom. The van der Waals surface area contributed by atoms with Gasteiger partial charge in [-0.25, -0.2) is 0 Å². The Hall–Kier alpha value is -1.51. The van der Waals surface area contributed by atoms with E-state index in [9.17, 15) is 0 Å². The maximum absolute atomic E-state index is 6.22. The highest BCUT2D eigenvalue weighted by Gasteiger charge is 2.16. The van der Waals surface area contributed by atoms with Gasteiger partial charge >= 0.3 is 0 Å². The van der Waals surface area contributed by atoms with Gasteiger partial charge in [-0.2, -0.15) is 0 Å². The van der Waals surface area contributed by atoms with Crippen LogP contribution in [0.5, 0.6) is 5.75 Å². The van der Waals surface area contributed by atoms with E-state index in [1.54, 1.807) is 7.11 Å². The Morgan fingerprint density at radius 2 is 1.74 bits per heavy atom. The zero-order valence-electron chi connectivity index (χ0n) is 14.4. The first-order valence-corrected chi connectivity index (χ1v) is 8.36. The molecule has 0 aromatic heterocycles. The van der Waals surface area contributed by atoms with Crippen LogP contribution < -0.4 is 10.5 Å². The summed E-state index contributed by atoms with van der Waals surface area (Å²) in [7, 11) is 1.63. The Balaban J connectivity index is 2.18. The molecular formula is C20H26ClNO. The van der Waals surface area contributed by atoms with E-state index in [0.29, 0.717) is 17.3 Å². The maximum Gasteiger partial charge on any atom is 0.137 e. The smallest absolute Gasteiger partial charge is 0.137 e. The fraction of sp³-hybridized carbons (Fsp3) is 0.400. The standard InChI is InChI=1S/C20H26ClNO/c1-20(2,3)17-8-6-15(7-9-17)16(13-22)11-14-5-10-19(23-4)18(21)12-14/h5-10,12,16H,11,13,22H2,1-4H3. The second-order valence-electron chi connectivity index (χ2n) is 6.98. The fourth-order valence-electron chi connectivity index (χ4n) is 2.71. The number of nitrogens with two attached hydrogens (primary N) is 1. The van der Waals surface area contributed by atoms with Crippen LogP contribution in [0.3, 0.4) is 0 Å². The minimum atomic E-state index is 0.167. The van der Waals surface area contributed by atoms with Crippen LogP contribution in [0, 0.1) is 0 Å². The van der Waals surface area contributed by atoms with Crippen LogP contribution in [0.15, 0.2) is 42.5 Å². The van der Waals surface area contributed by atoms with Crippen molar-refractivity contribution in [2.45, 2.75) is 38.5 Å². The van der Waals surface area contributed by atoms with Crippen LogP contribution in [0.1, 0.15) is 43.4 Å². The van der Waals surface area contributed by atoms with Crippen molar-refractivity contribution in [1.82, 2.24) is 0 Å². The normalized spacial score (nSPS) is 13.0. The van der Waals surface area contributed by atoms with Crippen molar-refractivity contribution in [1.29, 1.82) is 0 Å². The van der Waals surface area contributed by atoms with E-state index in [1.807, 2.05) is 12.1 Å². The molecule has 0 aliphatic carbocycles. The molecule has 0 heterocycles. The highest BCUT2D eigenvalue weighted by molar-refractivity contribution is 6.32. The van der Waals surface area contributed by atoms with E-state index in [1.165, 1.54) is 16.7 Å². The number of halogens is 1. The first kappa shape index (κ1) is 17.8. The summed E-state index contributed by atoms with van der Waals surface area (Å²) in [6.45, 7) is 7.28. The number of ether oxygens (including phenoxy) is 1. The molecule has 23 heavy (non-hydrogen) atoms. The van der Waals surface area contributed by atoms with Crippen molar-refractivity contribution in [2.75, 3.05) is 13.7 Å². The topological polar surface area (TPSA) is 35.2 Å². The average molecular weight is 332 g/mol. The van der Waals surface area contributed by atoms with Crippen LogP contribution in [0.4, 0.5) is 0 Å². The molecule has 0 aliphatic heterocycles. The molecule has 1 unspecified atom stereocenters. The number of hydrogen-bond donors (Lipinski definition) is 1. The molecule has 2 nitrogen and oxygen atoms in total. The van der Waals surface area contributed by atoms with Crippen LogP contribution in [0.2, 0.25) is 5.02 Å². The van der Waals surface area contributed by atoms with Crippen molar-refractivity contribution in [3.05, 3.63) is 64.2 Å². The molecule has 0 fully saturated rings. The molecule has 0 bridgehead atoms. The predicted octanol–water partition coefficient (Wildman–Crippen LogP) is 4.93. The second-order valence-corrected chi connectivity index (χ2v) is 7.38. The minimum Gasteiger partial charge on any atom is -0.495 e. The third-order valence-corrected chi connectivity index (χ3v) is 4.53. The predicted molar refractivity (Wildman–Crippen MR) is 98.6 cm³/mol. The summed E-state index contributed by atoms with van der Waals surface area (Å²) >= 11 is 6.22. The van der Waals surface area contributed by atoms with Crippen LogP contribution in [0.25, 0.3) is 0 Å². The van der Waals surface area contributed by atoms with Gasteiger partial charge < -0.3 is 10.5 Å². The van der Waals surface area contributed by atoms with Crippen LogP contribution in [-0.2, 0) is 11.8 Å². The van der Waals surface area contributed by atoms with Gasteiger partial charge in [-0.3, -0.25) is 0 Å². The lowest BCUT2D eigenvalue weighted by Gasteiger charge is -2.21. The summed E-state index contributed by atoms with van der Waals surface area (Å²) in [6, 6.07) is 14.7. The summed E-state index contributed by atoms with van der Waals surface area (Å²) in [5.74, 6) is 0.989. The van der Waals surface area contributed by atoms with Gasteiger partial charge in [-0.05, 0) is 47.2 Å². The highest BCUT2D eigenvalue weighted by Crippen LogP contribution is 2.29. The zero-order chi connectivity index (χ0) is 17.0. The SMILES string of the molecule is COc1ccc(CC(CN)c2ccc(C(C)(C)C)cc2)cc1Cl. The van der Waals surface area contributed by atoms with Crippen molar-refractivity contribution >= 4 is 11.6 Å². The Kier molecular flexibility index (Phi) is 5.72. The van der Waals surface area contributed by atoms with Crippen LogP contribution >= 0.6 is 11.6 Å². The molecule has 0 saturated carbocycles. The lowest BCUT2D eigenvalue weighted by Crippen LogP contribution is -2.16. The van der Waals surface area contributed by atoms with Crippen molar-refractivity contribution in [2.24, 2.45) is 5.73 Å². The molecule has 2 rings (SSSR count). The van der Waals surface area contributed by atoms with Gasteiger partial charge in [0, 0.05) is 5.92 Å². The lowest BCUT2D eigenvalue weighted by atomic mass is 9.84. The third-order valence-electron chi connectivity index (χ3n) is 4.23. The van der Waals surface area contributed by atoms with Gasteiger partial charge in [0.25, 0.3) is 0 Å². The van der Waals surface area contributed by atoms with Gasteiger partial charge in [0.2, 0.25) is 0 Å². The second kappa shape index (κ2) is 7.37. The Bertz CT molecular complexity index is 644. The van der Waals surface area contributed by atoms with E-state index >= 15 is 0 Å². The van der Waals surface area contributed by atoms with E-state index in [4.69, 9.17) is 22.1 Å². The fourth-order valence-corrected chi connectivity index (χ4v) is 2.99. The van der Waals surface area contributed by atoms with Gasteiger partial charge in [0.1, 0.15) is 5.75 Å². The molecule has 0 radical (unpaired) electrons. The van der Waals surface area contributed by atoms with E-state index in [2.05, 4.69) is 51.1 Å². The molecule has 124 valence electrons. The molecule has 2 N–H and O–H groups in total. The van der Waals surface area contributed by atoms with E-state index in [-0.39, 0.29) is 11.3 Å². The largest absolute Gasteiger partial charge is 0.495 e. The van der Waals surface area contributed by atoms with Crippen molar-refractivity contribution in [3.63, 3.8) is 0 Å². The third kappa shape index (κ3) is 4.49. The maximum atomic E-state index is 6.22. The number of rotatable bonds is 5. The summed E-state index contributed by atoms with van der Waals surface area (Å²) in [4.78, 5) is 0. The number of methoxy groups -OCH3 is 1. The molecular weight excluding hydrogens is 306 g/mol. The average Bonchev–Trinajstić information content (AvgIpc) is 2.52. The van der Waals surface area contributed by atoms with Gasteiger partial charge in [0.05, 0.1) is 12.1 Å². The van der Waals surface area contributed by atoms with Gasteiger partial charge in [-0.1, -0.05) is 62.7 Å². The van der Waals surface area contributed by atoms with E-state index in [0.717, 1.165) is 6.42 Å². The minimum absolute atomic E-state index is 0.167. The summed E-state index contributed by atoms with van der Waals surface area (Å²) in [6.07, 6.45) is 0.870. The van der Waals surface area contributed by atoms with Crippen molar-refractivity contribution in [3.8, 4) is 5.75 Å². The Labute approximate surface area is 144 Å². The lowest BCUT2D eigenvalue weighted by molar-refractivity contribution is 0.415. The van der Waals surface area contributed by atoms with Gasteiger partial charge in [0.15, 0.2) is 0 Å². The van der Waals surface area contributed by atoms with Crippen LogP contribution in [-0.4, -0.2) is 13.7 Å². The van der Waals surface area contributed by atoms with Crippen molar-refractivity contribution < 1.29 is 4.74 Å². The Morgan fingerprint density at radius 3 is 2.22 bits per heavy atom. The molecule has 1 atom stereocenters. The molecule has 3 heteroatoms. The first-order valence-electron chi connectivity index (χ1n) is 7.98. The molecule has 0 amide bonds. The number of hydrogen-bond acceptors (Lipinski definition) is 2. The molecule has 0 spiro atoms. The van der Waals surface area contributed by atoms with E-state index < -0.39 is 0 Å². The molecule has 2 aromatic rings. The zero-order valence-corrected chi connectivity index (χ0v) is 15.2. The monoisotopic (exact) mass is 331 g/mol. The highest BCUT2D eigenvalue weighted by atomic mass is 35.5. The molecule has 0 aliphatic rings. The number of benzene rings is 2. The van der Waals surface area contributed by atoms with Gasteiger partial charge in [-0.15, -0.1) is 0 Å². The summed E-state index contributed by atoms with van der Waals surface area (Å²) < 4.78 is 5.20.